The summed E-state index contributed by atoms with van der Waals surface area (Å²) in [7, 11) is 0. The molecule has 0 rings (SSSR count). The van der Waals surface area contributed by atoms with E-state index in [-0.39, 0.29) is 5.05 Å². The first kappa shape index (κ1) is 22.3. The Bertz CT molecular complexity index is 275. The van der Waals surface area contributed by atoms with Gasteiger partial charge in [-0.1, -0.05) is 13.3 Å². The summed E-state index contributed by atoms with van der Waals surface area (Å²) in [4.78, 5) is 0. The number of hydrogen-bond acceptors (Lipinski definition) is 5. The minimum absolute atomic E-state index is 0.250. The largest absolute Gasteiger partial charge is 0.504 e. The number of nitrogens with zero attached hydrogens (tertiary/aromatic N) is 1. The van der Waals surface area contributed by atoms with E-state index in [1.807, 2.05) is 6.07 Å². The van der Waals surface area contributed by atoms with Crippen LogP contribution in [0.15, 0.2) is 0 Å². The number of ether oxygens (including phenoxy) is 1. The molecule has 2 N–H and O–H groups in total. The van der Waals surface area contributed by atoms with E-state index in [4.69, 9.17) is 20.2 Å². The highest BCUT2D eigenvalue weighted by Crippen LogP contribution is 2.13. The SMILES string of the molecule is CC(C)(C#N)C(O)=S.CCCCOC=S.OC=S. The molecule has 0 saturated heterocycles. The van der Waals surface area contributed by atoms with Crippen LogP contribution >= 0.6 is 36.7 Å². The number of nitriles is 1. The van der Waals surface area contributed by atoms with Crippen molar-refractivity contribution in [3.05, 3.63) is 0 Å². The van der Waals surface area contributed by atoms with Crippen LogP contribution in [0.5, 0.6) is 0 Å². The molecule has 0 aliphatic rings. The standard InChI is InChI=1S/C5H7NOS.C5H10OS.CH2OS/c1-5(2,3-6)4(7)8;1-2-3-4-6-5-7;2-1-3/h1-2H3,(H,7,8);5H,2-4H2,1H3;1H,(H,2,3). The lowest BCUT2D eigenvalue weighted by Gasteiger charge is -2.08. The molecule has 0 radical (unpaired) electrons. The fourth-order valence-corrected chi connectivity index (χ4v) is 0.465. The summed E-state index contributed by atoms with van der Waals surface area (Å²) in [5.74, 6) is 0. The van der Waals surface area contributed by atoms with Gasteiger partial charge in [0.05, 0.1) is 12.7 Å². The Morgan fingerprint density at radius 1 is 1.44 bits per heavy atom. The number of aliphatic hydroxyl groups is 2. The maximum atomic E-state index is 8.59. The zero-order valence-electron chi connectivity index (χ0n) is 10.8. The Morgan fingerprint density at radius 2 is 1.89 bits per heavy atom. The second-order valence-electron chi connectivity index (χ2n) is 3.47. The van der Waals surface area contributed by atoms with Gasteiger partial charge in [0.2, 0.25) is 0 Å². The molecule has 7 heteroatoms. The Kier molecular flexibility index (Phi) is 20.1. The van der Waals surface area contributed by atoms with E-state index in [9.17, 15) is 0 Å². The van der Waals surface area contributed by atoms with E-state index in [0.29, 0.717) is 5.55 Å². The van der Waals surface area contributed by atoms with Gasteiger partial charge >= 0.3 is 0 Å². The summed E-state index contributed by atoms with van der Waals surface area (Å²) in [6.45, 7) is 6.03. The maximum absolute atomic E-state index is 8.59. The number of aliphatic hydroxyl groups excluding tert-OH is 2. The molecule has 104 valence electrons. The minimum Gasteiger partial charge on any atom is -0.504 e. The van der Waals surface area contributed by atoms with Crippen molar-refractivity contribution < 1.29 is 14.9 Å². The summed E-state index contributed by atoms with van der Waals surface area (Å²) in [6, 6.07) is 1.85. The van der Waals surface area contributed by atoms with Gasteiger partial charge in [-0.25, -0.2) is 0 Å². The second kappa shape index (κ2) is 16.2. The molecule has 0 unspecified atom stereocenters. The topological polar surface area (TPSA) is 73.5 Å². The van der Waals surface area contributed by atoms with E-state index < -0.39 is 5.41 Å². The van der Waals surface area contributed by atoms with Crippen LogP contribution in [-0.4, -0.2) is 33.0 Å². The van der Waals surface area contributed by atoms with Crippen molar-refractivity contribution in [1.29, 1.82) is 5.26 Å². The lowest BCUT2D eigenvalue weighted by molar-refractivity contribution is 0.318. The fraction of sp³-hybridized carbons (Fsp3) is 0.636. The van der Waals surface area contributed by atoms with Crippen LogP contribution in [0, 0.1) is 16.7 Å². The van der Waals surface area contributed by atoms with Crippen molar-refractivity contribution in [3.63, 3.8) is 0 Å². The van der Waals surface area contributed by atoms with E-state index in [1.54, 1.807) is 13.8 Å². The molecule has 0 saturated carbocycles. The predicted octanol–water partition coefficient (Wildman–Crippen LogP) is 3.68. The Hall–Kier alpha value is -0.840. The third-order valence-corrected chi connectivity index (χ3v) is 2.14. The van der Waals surface area contributed by atoms with Crippen molar-refractivity contribution in [2.24, 2.45) is 5.41 Å². The van der Waals surface area contributed by atoms with E-state index in [1.165, 1.54) is 12.0 Å². The van der Waals surface area contributed by atoms with Gasteiger partial charge in [0.1, 0.15) is 16.5 Å². The molecule has 0 aromatic rings. The van der Waals surface area contributed by atoms with Gasteiger partial charge in [-0.05, 0) is 56.9 Å². The monoisotopic (exact) mass is 309 g/mol. The average Bonchev–Trinajstić information content (AvgIpc) is 2.31. The fourth-order valence-electron chi connectivity index (χ4n) is 0.324. The van der Waals surface area contributed by atoms with Gasteiger partial charge in [-0.2, -0.15) is 5.26 Å². The summed E-state index contributed by atoms with van der Waals surface area (Å²) >= 11 is 12.6. The molecular formula is C11H19NO3S3. The smallest absolute Gasteiger partial charge is 0.176 e. The van der Waals surface area contributed by atoms with Gasteiger partial charge in [-0.3, -0.25) is 0 Å². The molecule has 0 spiro atoms. The van der Waals surface area contributed by atoms with Crippen LogP contribution in [0.4, 0.5) is 0 Å². The van der Waals surface area contributed by atoms with Crippen LogP contribution < -0.4 is 0 Å². The molecule has 0 fully saturated rings. The van der Waals surface area contributed by atoms with Crippen molar-refractivity contribution in [2.45, 2.75) is 33.6 Å². The number of unbranched alkanes of at least 4 members (excludes halogenated alkanes) is 1. The van der Waals surface area contributed by atoms with Crippen LogP contribution in [-0.2, 0) is 4.74 Å². The van der Waals surface area contributed by atoms with Gasteiger partial charge in [0.25, 0.3) is 0 Å². The first-order chi connectivity index (χ1) is 8.33. The molecule has 0 amide bonds. The summed E-state index contributed by atoms with van der Waals surface area (Å²) < 4.78 is 4.76. The van der Waals surface area contributed by atoms with Crippen molar-refractivity contribution >= 4 is 52.8 Å². The number of thiocarbonyl (C=S) groups is 3. The Balaban J connectivity index is -0.000000207. The van der Waals surface area contributed by atoms with Crippen LogP contribution in [0.3, 0.4) is 0 Å². The Labute approximate surface area is 125 Å². The van der Waals surface area contributed by atoms with E-state index in [2.05, 4.69) is 43.6 Å². The molecule has 0 aliphatic carbocycles. The van der Waals surface area contributed by atoms with E-state index >= 15 is 0 Å². The third kappa shape index (κ3) is 20.6. The van der Waals surface area contributed by atoms with Crippen molar-refractivity contribution in [2.75, 3.05) is 6.61 Å². The number of rotatable bonds is 5. The minimum atomic E-state index is -0.866. The highest BCUT2D eigenvalue weighted by molar-refractivity contribution is 7.80. The summed E-state index contributed by atoms with van der Waals surface area (Å²) in [5.41, 5.74) is 1.03. The zero-order chi connectivity index (χ0) is 15.0. The quantitative estimate of drug-likeness (QED) is 0.592. The molecule has 0 aliphatic heterocycles. The third-order valence-electron chi connectivity index (χ3n) is 1.50. The van der Waals surface area contributed by atoms with Crippen molar-refractivity contribution in [3.8, 4) is 6.07 Å². The second-order valence-corrected chi connectivity index (χ2v) is 4.26. The van der Waals surface area contributed by atoms with Gasteiger partial charge in [0, 0.05) is 0 Å². The first-order valence-corrected chi connectivity index (χ1v) is 6.46. The zero-order valence-corrected chi connectivity index (χ0v) is 13.2. The Morgan fingerprint density at radius 3 is 2.06 bits per heavy atom. The molecule has 4 nitrogen and oxygen atoms in total. The summed E-state index contributed by atoms with van der Waals surface area (Å²) in [6.07, 6.45) is 2.27. The van der Waals surface area contributed by atoms with Crippen LogP contribution in [0.1, 0.15) is 33.6 Å². The van der Waals surface area contributed by atoms with Crippen molar-refractivity contribution in [1.82, 2.24) is 0 Å². The van der Waals surface area contributed by atoms with Crippen LogP contribution in [0.25, 0.3) is 0 Å². The first-order valence-electron chi connectivity index (χ1n) is 5.11. The lowest BCUT2D eigenvalue weighted by atomic mass is 9.98. The highest BCUT2D eigenvalue weighted by Gasteiger charge is 2.21. The lowest BCUT2D eigenvalue weighted by Crippen LogP contribution is -2.18. The number of hydrogen-bond donors (Lipinski definition) is 2. The maximum Gasteiger partial charge on any atom is 0.176 e. The summed E-state index contributed by atoms with van der Waals surface area (Å²) in [5, 5.41) is 23.9. The normalized spacial score (nSPS) is 8.33. The van der Waals surface area contributed by atoms with Crippen LogP contribution in [0.2, 0.25) is 0 Å². The molecule has 0 aromatic heterocycles. The molecule has 0 heterocycles. The molecule has 0 atom stereocenters. The van der Waals surface area contributed by atoms with Gasteiger partial charge in [-0.15, -0.1) is 0 Å². The average molecular weight is 309 g/mol. The molecule has 18 heavy (non-hydrogen) atoms. The molecule has 0 aromatic carbocycles. The highest BCUT2D eigenvalue weighted by atomic mass is 32.1. The predicted molar refractivity (Wildman–Crippen MR) is 85.4 cm³/mol. The van der Waals surface area contributed by atoms with E-state index in [0.717, 1.165) is 13.0 Å². The van der Waals surface area contributed by atoms with Gasteiger partial charge in [0.15, 0.2) is 5.05 Å². The van der Waals surface area contributed by atoms with Gasteiger partial charge < -0.3 is 14.9 Å². The molecular weight excluding hydrogens is 290 g/mol. The molecule has 0 bridgehead atoms.